The van der Waals surface area contributed by atoms with Crippen LogP contribution in [0.2, 0.25) is 0 Å². The van der Waals surface area contributed by atoms with Gasteiger partial charge in [0, 0.05) is 33.7 Å². The third kappa shape index (κ3) is 2.62. The number of nitro benzene ring substituents is 1. The summed E-state index contributed by atoms with van der Waals surface area (Å²) in [5.74, 6) is 0.00716. The molecule has 0 amide bonds. The van der Waals surface area contributed by atoms with Gasteiger partial charge < -0.3 is 4.57 Å². The van der Waals surface area contributed by atoms with Crippen LogP contribution in [0.5, 0.6) is 0 Å². The highest BCUT2D eigenvalue weighted by atomic mass is 79.9. The lowest BCUT2D eigenvalue weighted by Gasteiger charge is -2.04. The van der Waals surface area contributed by atoms with E-state index in [1.54, 1.807) is 22.9 Å². The number of hydrogen-bond donors (Lipinski definition) is 0. The number of ketones is 1. The standard InChI is InChI=1S/C14H9BrN2O3S/c15-11-4-6-21-14(11)13(18)8-16-5-3-9-7-10(17(19)20)1-2-12(9)16/h1-7H,8H2. The number of benzene rings is 1. The maximum atomic E-state index is 12.3. The summed E-state index contributed by atoms with van der Waals surface area (Å²) < 4.78 is 2.60. The Morgan fingerprint density at radius 2 is 2.14 bits per heavy atom. The quantitative estimate of drug-likeness (QED) is 0.394. The Morgan fingerprint density at radius 3 is 2.81 bits per heavy atom. The van der Waals surface area contributed by atoms with E-state index in [4.69, 9.17) is 0 Å². The molecule has 0 unspecified atom stereocenters. The van der Waals surface area contributed by atoms with E-state index in [2.05, 4.69) is 15.9 Å². The second-order valence-corrected chi connectivity index (χ2v) is 6.24. The second-order valence-electron chi connectivity index (χ2n) is 4.46. The summed E-state index contributed by atoms with van der Waals surface area (Å²) in [7, 11) is 0. The molecule has 3 rings (SSSR count). The summed E-state index contributed by atoms with van der Waals surface area (Å²) in [5, 5.41) is 13.4. The van der Waals surface area contributed by atoms with Crippen LogP contribution in [0.4, 0.5) is 5.69 Å². The van der Waals surface area contributed by atoms with Gasteiger partial charge in [0.1, 0.15) is 0 Å². The lowest BCUT2D eigenvalue weighted by molar-refractivity contribution is -0.384. The molecule has 0 fully saturated rings. The van der Waals surface area contributed by atoms with Crippen LogP contribution in [0, 0.1) is 10.1 Å². The van der Waals surface area contributed by atoms with Crippen molar-refractivity contribution < 1.29 is 9.72 Å². The molecule has 0 radical (unpaired) electrons. The van der Waals surface area contributed by atoms with Gasteiger partial charge in [0.15, 0.2) is 5.78 Å². The highest BCUT2D eigenvalue weighted by Gasteiger charge is 2.14. The molecule has 2 heterocycles. The first-order valence-electron chi connectivity index (χ1n) is 6.06. The van der Waals surface area contributed by atoms with Crippen molar-refractivity contribution in [3.63, 3.8) is 0 Å². The molecule has 5 nitrogen and oxygen atoms in total. The predicted octanol–water partition coefficient (Wildman–Crippen LogP) is 4.26. The molecule has 0 saturated carbocycles. The van der Waals surface area contributed by atoms with Crippen LogP contribution < -0.4 is 0 Å². The average molecular weight is 365 g/mol. The van der Waals surface area contributed by atoms with E-state index in [-0.39, 0.29) is 18.0 Å². The third-order valence-corrected chi connectivity index (χ3v) is 5.03. The van der Waals surface area contributed by atoms with E-state index < -0.39 is 4.92 Å². The minimum atomic E-state index is -0.426. The molecule has 0 N–H and O–H groups in total. The SMILES string of the molecule is O=C(Cn1ccc2cc([N+](=O)[O-])ccc21)c1sccc1Br. The zero-order chi connectivity index (χ0) is 15.0. The highest BCUT2D eigenvalue weighted by Crippen LogP contribution is 2.25. The minimum absolute atomic E-state index is 0.00716. The Bertz CT molecular complexity index is 853. The van der Waals surface area contributed by atoms with Gasteiger partial charge in [-0.15, -0.1) is 11.3 Å². The molecular formula is C14H9BrN2O3S. The van der Waals surface area contributed by atoms with Crippen LogP contribution in [0.3, 0.4) is 0 Å². The van der Waals surface area contributed by atoms with E-state index in [1.165, 1.54) is 23.5 Å². The predicted molar refractivity (Wildman–Crippen MR) is 84.9 cm³/mol. The monoisotopic (exact) mass is 364 g/mol. The fraction of sp³-hybridized carbons (Fsp3) is 0.0714. The second kappa shape index (κ2) is 5.42. The summed E-state index contributed by atoms with van der Waals surface area (Å²) in [6.07, 6.45) is 1.77. The number of nitrogens with zero attached hydrogens (tertiary/aromatic N) is 2. The molecule has 106 valence electrons. The minimum Gasteiger partial charge on any atom is -0.340 e. The Kier molecular flexibility index (Phi) is 3.60. The lowest BCUT2D eigenvalue weighted by atomic mass is 10.2. The first-order valence-corrected chi connectivity index (χ1v) is 7.73. The van der Waals surface area contributed by atoms with Crippen molar-refractivity contribution in [2.24, 2.45) is 0 Å². The highest BCUT2D eigenvalue weighted by molar-refractivity contribution is 9.10. The van der Waals surface area contributed by atoms with Crippen molar-refractivity contribution in [3.8, 4) is 0 Å². The van der Waals surface area contributed by atoms with Crippen LogP contribution in [0.15, 0.2) is 46.4 Å². The molecule has 2 aromatic heterocycles. The van der Waals surface area contributed by atoms with Crippen molar-refractivity contribution in [2.45, 2.75) is 6.54 Å². The van der Waals surface area contributed by atoms with E-state index >= 15 is 0 Å². The van der Waals surface area contributed by atoms with Crippen molar-refractivity contribution in [3.05, 3.63) is 61.4 Å². The number of thiophene rings is 1. The summed E-state index contributed by atoms with van der Waals surface area (Å²) in [6.45, 7) is 0.209. The molecule has 1 aromatic carbocycles. The smallest absolute Gasteiger partial charge is 0.270 e. The van der Waals surface area contributed by atoms with Crippen LogP contribution in [0.1, 0.15) is 9.67 Å². The maximum absolute atomic E-state index is 12.3. The van der Waals surface area contributed by atoms with Crippen LogP contribution in [0.25, 0.3) is 10.9 Å². The summed E-state index contributed by atoms with van der Waals surface area (Å²) in [6, 6.07) is 8.25. The number of Topliss-reactive ketones (excluding diaryl/α,β-unsaturated/α-hetero) is 1. The van der Waals surface area contributed by atoms with Gasteiger partial charge in [-0.05, 0) is 39.5 Å². The molecule has 0 spiro atoms. The van der Waals surface area contributed by atoms with Gasteiger partial charge in [-0.3, -0.25) is 14.9 Å². The molecule has 0 aliphatic rings. The maximum Gasteiger partial charge on any atom is 0.270 e. The molecule has 0 aliphatic heterocycles. The summed E-state index contributed by atoms with van der Waals surface area (Å²) in [4.78, 5) is 23.3. The average Bonchev–Trinajstić information content (AvgIpc) is 3.05. The Morgan fingerprint density at radius 1 is 1.33 bits per heavy atom. The Balaban J connectivity index is 1.93. The van der Waals surface area contributed by atoms with E-state index in [9.17, 15) is 14.9 Å². The zero-order valence-electron chi connectivity index (χ0n) is 10.7. The van der Waals surface area contributed by atoms with Gasteiger partial charge in [0.2, 0.25) is 0 Å². The lowest BCUT2D eigenvalue weighted by Crippen LogP contribution is -2.08. The molecular weight excluding hydrogens is 356 g/mol. The Labute approximate surface area is 132 Å². The fourth-order valence-corrected chi connectivity index (χ4v) is 3.68. The first kappa shape index (κ1) is 14.0. The number of aromatic nitrogens is 1. The van der Waals surface area contributed by atoms with Crippen molar-refractivity contribution in [1.82, 2.24) is 4.57 Å². The van der Waals surface area contributed by atoms with E-state index in [0.29, 0.717) is 4.88 Å². The molecule has 0 aliphatic carbocycles. The topological polar surface area (TPSA) is 65.1 Å². The van der Waals surface area contributed by atoms with Crippen LogP contribution >= 0.6 is 27.3 Å². The van der Waals surface area contributed by atoms with Gasteiger partial charge in [0.05, 0.1) is 16.3 Å². The first-order chi connectivity index (χ1) is 10.1. The number of non-ortho nitro benzene ring substituents is 1. The normalized spacial score (nSPS) is 10.9. The molecule has 21 heavy (non-hydrogen) atoms. The molecule has 0 atom stereocenters. The summed E-state index contributed by atoms with van der Waals surface area (Å²) in [5.41, 5.74) is 0.856. The molecule has 7 heteroatoms. The van der Waals surface area contributed by atoms with Gasteiger partial charge in [-0.1, -0.05) is 0 Å². The van der Waals surface area contributed by atoms with Crippen LogP contribution in [-0.2, 0) is 6.54 Å². The number of fused-ring (bicyclic) bond motifs is 1. The van der Waals surface area contributed by atoms with Gasteiger partial charge >= 0.3 is 0 Å². The number of hydrogen-bond acceptors (Lipinski definition) is 4. The van der Waals surface area contributed by atoms with E-state index in [1.807, 2.05) is 11.4 Å². The number of halogens is 1. The van der Waals surface area contributed by atoms with Gasteiger partial charge in [-0.2, -0.15) is 0 Å². The largest absolute Gasteiger partial charge is 0.340 e. The molecule has 0 saturated heterocycles. The van der Waals surface area contributed by atoms with Gasteiger partial charge in [0.25, 0.3) is 5.69 Å². The molecule has 3 aromatic rings. The van der Waals surface area contributed by atoms with Crippen LogP contribution in [-0.4, -0.2) is 15.3 Å². The third-order valence-electron chi connectivity index (χ3n) is 3.15. The van der Waals surface area contributed by atoms with Gasteiger partial charge in [-0.25, -0.2) is 0 Å². The summed E-state index contributed by atoms with van der Waals surface area (Å²) >= 11 is 4.74. The van der Waals surface area contributed by atoms with Crippen molar-refractivity contribution in [1.29, 1.82) is 0 Å². The fourth-order valence-electron chi connectivity index (χ4n) is 2.16. The number of carbonyl (C=O) groups excluding carboxylic acids is 1. The van der Waals surface area contributed by atoms with E-state index in [0.717, 1.165) is 15.4 Å². The number of rotatable bonds is 4. The van der Waals surface area contributed by atoms with Crippen molar-refractivity contribution in [2.75, 3.05) is 0 Å². The zero-order valence-corrected chi connectivity index (χ0v) is 13.1. The van der Waals surface area contributed by atoms with Crippen molar-refractivity contribution >= 4 is 49.6 Å². The number of carbonyl (C=O) groups is 1. The Hall–Kier alpha value is -1.99. The number of nitro groups is 1. The molecule has 0 bridgehead atoms.